The molecule has 58 heavy (non-hydrogen) atoms. The normalized spacial score (nSPS) is 12.5. The van der Waals surface area contributed by atoms with E-state index in [0.717, 1.165) is 64.2 Å². The summed E-state index contributed by atoms with van der Waals surface area (Å²) in [4.78, 5) is 25.3. The zero-order valence-corrected chi connectivity index (χ0v) is 38.8. The standard InChI is InChI=1S/C53H96O5/c1-4-7-10-13-16-19-22-25-27-29-31-34-37-40-43-46-52(54)57-50-51(49-56-48-45-42-39-36-33-30-26-23-20-17-14-11-8-5-2)58-53(55)47-44-41-38-35-32-28-24-21-18-15-12-9-6-3/h11,14,16,19-20,23,25,27,51H,4-10,12-13,15,17-18,21-22,24,26,28-50H2,1-3H3/b14-11-,19-16-,23-20-,27-25-. The molecule has 0 saturated carbocycles. The summed E-state index contributed by atoms with van der Waals surface area (Å²) in [6.45, 7) is 7.73. The number of hydrogen-bond donors (Lipinski definition) is 0. The molecule has 0 saturated heterocycles. The van der Waals surface area contributed by atoms with Crippen LogP contribution in [-0.2, 0) is 23.8 Å². The Morgan fingerprint density at radius 3 is 1.24 bits per heavy atom. The summed E-state index contributed by atoms with van der Waals surface area (Å²) < 4.78 is 17.4. The number of hydrogen-bond acceptors (Lipinski definition) is 5. The van der Waals surface area contributed by atoms with E-state index in [9.17, 15) is 9.59 Å². The Morgan fingerprint density at radius 1 is 0.379 bits per heavy atom. The third-order valence-corrected chi connectivity index (χ3v) is 10.8. The zero-order chi connectivity index (χ0) is 42.1. The molecule has 5 nitrogen and oxygen atoms in total. The van der Waals surface area contributed by atoms with E-state index < -0.39 is 6.10 Å². The number of ether oxygens (including phenoxy) is 3. The minimum atomic E-state index is -0.543. The fraction of sp³-hybridized carbons (Fsp3) is 0.811. The predicted molar refractivity (Wildman–Crippen MR) is 251 cm³/mol. The first-order valence-corrected chi connectivity index (χ1v) is 25.2. The van der Waals surface area contributed by atoms with Crippen LogP contribution in [0.25, 0.3) is 0 Å². The van der Waals surface area contributed by atoms with E-state index in [1.807, 2.05) is 0 Å². The molecule has 5 heteroatoms. The maximum atomic E-state index is 12.8. The van der Waals surface area contributed by atoms with Crippen molar-refractivity contribution < 1.29 is 23.8 Å². The van der Waals surface area contributed by atoms with Crippen molar-refractivity contribution in [2.45, 2.75) is 258 Å². The Kier molecular flexibility index (Phi) is 47.4. The van der Waals surface area contributed by atoms with Gasteiger partial charge in [-0.25, -0.2) is 0 Å². The summed E-state index contributed by atoms with van der Waals surface area (Å²) in [5, 5.41) is 0. The van der Waals surface area contributed by atoms with Gasteiger partial charge in [-0.3, -0.25) is 9.59 Å². The van der Waals surface area contributed by atoms with Crippen molar-refractivity contribution in [3.63, 3.8) is 0 Å². The second-order valence-electron chi connectivity index (χ2n) is 16.7. The SMILES string of the molecule is CCC/C=C\C/C=C\CCCCCCCCOCC(COC(=O)CCCCCCC/C=C\C/C=C\CCCCC)OC(=O)CCCCCCCCCCCCCCC. The van der Waals surface area contributed by atoms with Crippen molar-refractivity contribution in [3.05, 3.63) is 48.6 Å². The topological polar surface area (TPSA) is 61.8 Å². The van der Waals surface area contributed by atoms with Gasteiger partial charge in [-0.05, 0) is 77.0 Å². The molecule has 0 aliphatic rings. The van der Waals surface area contributed by atoms with Gasteiger partial charge in [0.15, 0.2) is 6.10 Å². The van der Waals surface area contributed by atoms with Gasteiger partial charge in [0.05, 0.1) is 6.61 Å². The lowest BCUT2D eigenvalue weighted by Gasteiger charge is -2.18. The maximum absolute atomic E-state index is 12.8. The number of carbonyl (C=O) groups excluding carboxylic acids is 2. The molecule has 0 aromatic heterocycles. The summed E-state index contributed by atoms with van der Waals surface area (Å²) in [6, 6.07) is 0. The first-order valence-electron chi connectivity index (χ1n) is 25.2. The lowest BCUT2D eigenvalue weighted by atomic mass is 10.0. The van der Waals surface area contributed by atoms with Crippen LogP contribution in [0.4, 0.5) is 0 Å². The van der Waals surface area contributed by atoms with Crippen molar-refractivity contribution in [1.29, 1.82) is 0 Å². The van der Waals surface area contributed by atoms with E-state index in [1.165, 1.54) is 154 Å². The lowest BCUT2D eigenvalue weighted by molar-refractivity contribution is -0.163. The average molecular weight is 813 g/mol. The zero-order valence-electron chi connectivity index (χ0n) is 38.8. The van der Waals surface area contributed by atoms with Crippen LogP contribution in [0.15, 0.2) is 48.6 Å². The third-order valence-electron chi connectivity index (χ3n) is 10.8. The van der Waals surface area contributed by atoms with Gasteiger partial charge in [-0.1, -0.05) is 211 Å². The number of allylic oxidation sites excluding steroid dienone is 8. The van der Waals surface area contributed by atoms with Crippen molar-refractivity contribution in [3.8, 4) is 0 Å². The average Bonchev–Trinajstić information content (AvgIpc) is 3.22. The van der Waals surface area contributed by atoms with Gasteiger partial charge in [0.1, 0.15) is 6.61 Å². The maximum Gasteiger partial charge on any atom is 0.306 e. The van der Waals surface area contributed by atoms with Crippen molar-refractivity contribution in [1.82, 2.24) is 0 Å². The number of carbonyl (C=O) groups is 2. The molecule has 0 radical (unpaired) electrons. The Morgan fingerprint density at radius 2 is 0.759 bits per heavy atom. The summed E-state index contributed by atoms with van der Waals surface area (Å²) in [5.41, 5.74) is 0. The van der Waals surface area contributed by atoms with Crippen LogP contribution in [0.3, 0.4) is 0 Å². The summed E-state index contributed by atoms with van der Waals surface area (Å²) >= 11 is 0. The molecule has 0 aromatic rings. The van der Waals surface area contributed by atoms with Crippen LogP contribution in [0.2, 0.25) is 0 Å². The van der Waals surface area contributed by atoms with E-state index >= 15 is 0 Å². The molecule has 338 valence electrons. The molecule has 0 aromatic carbocycles. The van der Waals surface area contributed by atoms with E-state index in [0.29, 0.717) is 19.4 Å². The van der Waals surface area contributed by atoms with Gasteiger partial charge in [0.25, 0.3) is 0 Å². The quantitative estimate of drug-likeness (QED) is 0.0348. The lowest BCUT2D eigenvalue weighted by Crippen LogP contribution is -2.30. The van der Waals surface area contributed by atoms with Gasteiger partial charge in [0.2, 0.25) is 0 Å². The van der Waals surface area contributed by atoms with E-state index in [1.54, 1.807) is 0 Å². The molecule has 0 aliphatic carbocycles. The van der Waals surface area contributed by atoms with Crippen LogP contribution >= 0.6 is 0 Å². The van der Waals surface area contributed by atoms with E-state index in [-0.39, 0.29) is 25.2 Å². The second kappa shape index (κ2) is 49.2. The molecular weight excluding hydrogens is 717 g/mol. The number of esters is 2. The van der Waals surface area contributed by atoms with Crippen LogP contribution in [0, 0.1) is 0 Å². The number of rotatable bonds is 46. The first kappa shape index (κ1) is 55.9. The second-order valence-corrected chi connectivity index (χ2v) is 16.7. The predicted octanol–water partition coefficient (Wildman–Crippen LogP) is 16.8. The van der Waals surface area contributed by atoms with E-state index in [2.05, 4.69) is 69.4 Å². The van der Waals surface area contributed by atoms with Crippen molar-refractivity contribution in [2.75, 3.05) is 19.8 Å². The van der Waals surface area contributed by atoms with Crippen molar-refractivity contribution >= 4 is 11.9 Å². The van der Waals surface area contributed by atoms with Gasteiger partial charge < -0.3 is 14.2 Å². The summed E-state index contributed by atoms with van der Waals surface area (Å²) in [5.74, 6) is -0.410. The Labute approximate surface area is 361 Å². The minimum absolute atomic E-state index is 0.0763. The Bertz CT molecular complexity index is 966. The van der Waals surface area contributed by atoms with Gasteiger partial charge in [0, 0.05) is 19.4 Å². The summed E-state index contributed by atoms with van der Waals surface area (Å²) in [7, 11) is 0. The van der Waals surface area contributed by atoms with Crippen LogP contribution in [-0.4, -0.2) is 37.9 Å². The molecule has 0 N–H and O–H groups in total. The van der Waals surface area contributed by atoms with Crippen LogP contribution in [0.5, 0.6) is 0 Å². The molecule has 1 atom stereocenters. The molecule has 0 fully saturated rings. The monoisotopic (exact) mass is 813 g/mol. The molecule has 0 amide bonds. The molecule has 0 aliphatic heterocycles. The highest BCUT2D eigenvalue weighted by atomic mass is 16.6. The molecule has 0 bridgehead atoms. The molecular formula is C53H96O5. The molecule has 0 rings (SSSR count). The molecule has 0 heterocycles. The first-order chi connectivity index (χ1) is 28.6. The highest BCUT2D eigenvalue weighted by molar-refractivity contribution is 5.70. The summed E-state index contributed by atoms with van der Waals surface area (Å²) in [6.07, 6.45) is 59.6. The van der Waals surface area contributed by atoms with Crippen LogP contribution < -0.4 is 0 Å². The largest absolute Gasteiger partial charge is 0.462 e. The Hall–Kier alpha value is -2.14. The van der Waals surface area contributed by atoms with Crippen LogP contribution in [0.1, 0.15) is 252 Å². The van der Waals surface area contributed by atoms with Gasteiger partial charge in [-0.15, -0.1) is 0 Å². The smallest absolute Gasteiger partial charge is 0.306 e. The Balaban J connectivity index is 4.28. The fourth-order valence-electron chi connectivity index (χ4n) is 7.05. The number of unbranched alkanes of at least 4 members (excludes halogenated alkanes) is 27. The fourth-order valence-corrected chi connectivity index (χ4v) is 7.05. The van der Waals surface area contributed by atoms with E-state index in [4.69, 9.17) is 14.2 Å². The van der Waals surface area contributed by atoms with Gasteiger partial charge >= 0.3 is 11.9 Å². The third kappa shape index (κ3) is 46.5. The highest BCUT2D eigenvalue weighted by Crippen LogP contribution is 2.15. The van der Waals surface area contributed by atoms with Gasteiger partial charge in [-0.2, -0.15) is 0 Å². The minimum Gasteiger partial charge on any atom is -0.462 e. The van der Waals surface area contributed by atoms with Crippen molar-refractivity contribution in [2.24, 2.45) is 0 Å². The molecule has 1 unspecified atom stereocenters. The molecule has 0 spiro atoms. The highest BCUT2D eigenvalue weighted by Gasteiger charge is 2.17.